The van der Waals surface area contributed by atoms with Gasteiger partial charge in [0.1, 0.15) is 0 Å². The molecule has 1 heterocycles. The summed E-state index contributed by atoms with van der Waals surface area (Å²) in [6, 6.07) is 25.5. The first-order valence-electron chi connectivity index (χ1n) is 10.4. The summed E-state index contributed by atoms with van der Waals surface area (Å²) < 4.78 is 9.81. The summed E-state index contributed by atoms with van der Waals surface area (Å²) in [6.45, 7) is 5.44. The summed E-state index contributed by atoms with van der Waals surface area (Å²) in [5.41, 5.74) is 7.61. The van der Waals surface area contributed by atoms with Crippen LogP contribution < -0.4 is 5.62 Å². The highest BCUT2D eigenvalue weighted by Crippen LogP contribution is 2.22. The molecule has 30 heavy (non-hydrogen) atoms. The molecule has 0 spiro atoms. The minimum absolute atomic E-state index is 0.0503. The fraction of sp³-hybridized carbons (Fsp3) is 0.269. The Labute approximate surface area is 177 Å². The number of ether oxygens (including phenoxy) is 1. The normalized spacial score (nSPS) is 12.4. The Morgan fingerprint density at radius 2 is 1.37 bits per heavy atom. The van der Waals surface area contributed by atoms with Crippen molar-refractivity contribution in [3.8, 4) is 0 Å². The van der Waals surface area contributed by atoms with Crippen molar-refractivity contribution in [3.05, 3.63) is 101 Å². The predicted octanol–water partition coefficient (Wildman–Crippen LogP) is 5.02. The highest BCUT2D eigenvalue weighted by molar-refractivity contribution is 5.76. The van der Waals surface area contributed by atoms with E-state index in [-0.39, 0.29) is 6.04 Å². The van der Waals surface area contributed by atoms with E-state index in [4.69, 9.17) is 10.1 Å². The van der Waals surface area contributed by atoms with E-state index in [9.17, 15) is 0 Å². The lowest BCUT2D eigenvalue weighted by Gasteiger charge is -2.19. The van der Waals surface area contributed by atoms with E-state index in [2.05, 4.69) is 83.6 Å². The molecule has 4 rings (SSSR count). The number of methoxy groups -OCH3 is 1. The average Bonchev–Trinajstić information content (AvgIpc) is 3.02. The zero-order chi connectivity index (χ0) is 21.1. The van der Waals surface area contributed by atoms with Gasteiger partial charge in [-0.25, -0.2) is 0 Å². The molecule has 1 aromatic heterocycles. The van der Waals surface area contributed by atoms with Gasteiger partial charge in [-0.2, -0.15) is 0 Å². The largest absolute Gasteiger partial charge is 0.383 e. The maximum atomic E-state index is 9.05. The van der Waals surface area contributed by atoms with Crippen molar-refractivity contribution in [2.24, 2.45) is 0 Å². The van der Waals surface area contributed by atoms with Crippen molar-refractivity contribution in [1.29, 1.82) is 5.41 Å². The number of nitrogens with one attached hydrogen (secondary N) is 1. The molecule has 3 aromatic carbocycles. The maximum Gasteiger partial charge on any atom is 0.203 e. The summed E-state index contributed by atoms with van der Waals surface area (Å²) in [5.74, 6) is 0. The molecule has 0 radical (unpaired) electrons. The lowest BCUT2D eigenvalue weighted by atomic mass is 10.0. The van der Waals surface area contributed by atoms with Crippen molar-refractivity contribution in [3.63, 3.8) is 0 Å². The second kappa shape index (κ2) is 8.72. The van der Waals surface area contributed by atoms with Gasteiger partial charge in [0.25, 0.3) is 0 Å². The van der Waals surface area contributed by atoms with Crippen LogP contribution in [0.25, 0.3) is 11.0 Å². The third-order valence-electron chi connectivity index (χ3n) is 5.69. The Morgan fingerprint density at radius 3 is 1.97 bits per heavy atom. The number of imidazole rings is 1. The Hall–Kier alpha value is -3.11. The summed E-state index contributed by atoms with van der Waals surface area (Å²) in [6.07, 6.45) is 0.823. The van der Waals surface area contributed by atoms with Gasteiger partial charge in [0.2, 0.25) is 5.62 Å². The minimum Gasteiger partial charge on any atom is -0.383 e. The molecule has 0 amide bonds. The minimum atomic E-state index is 0.0503. The van der Waals surface area contributed by atoms with Gasteiger partial charge in [0.15, 0.2) is 0 Å². The number of hydrogen-bond acceptors (Lipinski definition) is 2. The molecule has 4 nitrogen and oxygen atoms in total. The Morgan fingerprint density at radius 1 is 0.800 bits per heavy atom. The molecular weight excluding hydrogens is 370 g/mol. The molecule has 0 fully saturated rings. The predicted molar refractivity (Wildman–Crippen MR) is 122 cm³/mol. The third-order valence-corrected chi connectivity index (χ3v) is 5.69. The molecule has 4 heteroatoms. The van der Waals surface area contributed by atoms with Gasteiger partial charge in [-0.05, 0) is 43.5 Å². The Bertz CT molecular complexity index is 1180. The molecule has 4 aromatic rings. The highest BCUT2D eigenvalue weighted by Gasteiger charge is 2.19. The maximum absolute atomic E-state index is 9.05. The first kappa shape index (κ1) is 20.2. The van der Waals surface area contributed by atoms with Crippen LogP contribution in [0.3, 0.4) is 0 Å². The monoisotopic (exact) mass is 399 g/mol. The van der Waals surface area contributed by atoms with E-state index in [1.165, 1.54) is 22.3 Å². The topological polar surface area (TPSA) is 42.9 Å². The summed E-state index contributed by atoms with van der Waals surface area (Å²) in [7, 11) is 1.73. The van der Waals surface area contributed by atoms with Crippen LogP contribution in [-0.2, 0) is 17.7 Å². The lowest BCUT2D eigenvalue weighted by molar-refractivity contribution is 0.154. The van der Waals surface area contributed by atoms with Crippen LogP contribution in [0.15, 0.2) is 72.8 Å². The number of fused-ring (bicyclic) bond motifs is 1. The van der Waals surface area contributed by atoms with E-state index in [0.717, 1.165) is 17.5 Å². The molecule has 154 valence electrons. The van der Waals surface area contributed by atoms with Gasteiger partial charge in [0.05, 0.1) is 30.2 Å². The Kier molecular flexibility index (Phi) is 5.86. The number of hydrogen-bond donors (Lipinski definition) is 1. The van der Waals surface area contributed by atoms with Crippen LogP contribution in [0.5, 0.6) is 0 Å². The van der Waals surface area contributed by atoms with Crippen LogP contribution in [0.1, 0.15) is 28.3 Å². The molecular formula is C26H29N3O. The van der Waals surface area contributed by atoms with Crippen LogP contribution in [0.4, 0.5) is 0 Å². The van der Waals surface area contributed by atoms with Gasteiger partial charge < -0.3 is 13.9 Å². The van der Waals surface area contributed by atoms with Gasteiger partial charge >= 0.3 is 0 Å². The second-order valence-electron chi connectivity index (χ2n) is 8.05. The zero-order valence-corrected chi connectivity index (χ0v) is 17.9. The van der Waals surface area contributed by atoms with Crippen molar-refractivity contribution in [2.45, 2.75) is 32.9 Å². The lowest BCUT2D eigenvalue weighted by Crippen LogP contribution is -2.31. The first-order valence-corrected chi connectivity index (χ1v) is 10.4. The Balaban J connectivity index is 1.78. The van der Waals surface area contributed by atoms with E-state index in [1.54, 1.807) is 7.11 Å². The van der Waals surface area contributed by atoms with Crippen LogP contribution in [0.2, 0.25) is 0 Å². The van der Waals surface area contributed by atoms with Crippen LogP contribution in [-0.4, -0.2) is 22.9 Å². The number of para-hydroxylation sites is 2. The van der Waals surface area contributed by atoms with Gasteiger partial charge in [0, 0.05) is 7.11 Å². The van der Waals surface area contributed by atoms with Crippen molar-refractivity contribution in [2.75, 3.05) is 13.7 Å². The van der Waals surface area contributed by atoms with Gasteiger partial charge in [-0.1, -0.05) is 71.8 Å². The molecule has 0 aliphatic rings. The molecule has 0 aliphatic heterocycles. The SMILES string of the molecule is COCC(Cc1ccc(C)cc1)n1c(=N)n(Cc2ccc(C)cc2)c2ccccc21. The fourth-order valence-electron chi connectivity index (χ4n) is 4.07. The molecule has 0 bridgehead atoms. The molecule has 0 saturated heterocycles. The van der Waals surface area contributed by atoms with Gasteiger partial charge in [-0.15, -0.1) is 0 Å². The highest BCUT2D eigenvalue weighted by atomic mass is 16.5. The smallest absolute Gasteiger partial charge is 0.203 e. The number of aromatic nitrogens is 2. The van der Waals surface area contributed by atoms with Crippen LogP contribution >= 0.6 is 0 Å². The average molecular weight is 400 g/mol. The molecule has 0 aliphatic carbocycles. The number of nitrogens with zero attached hydrogens (tertiary/aromatic N) is 2. The third kappa shape index (κ3) is 4.10. The molecule has 1 atom stereocenters. The van der Waals surface area contributed by atoms with E-state index < -0.39 is 0 Å². The molecule has 1 N–H and O–H groups in total. The zero-order valence-electron chi connectivity index (χ0n) is 17.9. The standard InChI is InChI=1S/C26H29N3O/c1-19-8-12-21(13-9-19)16-23(18-30-3)29-25-7-5-4-6-24(25)28(26(29)27)17-22-14-10-20(2)11-15-22/h4-15,23,27H,16-18H2,1-3H3. The number of rotatable bonds is 7. The number of benzene rings is 3. The summed E-state index contributed by atoms with van der Waals surface area (Å²) >= 11 is 0. The van der Waals surface area contributed by atoms with Crippen molar-refractivity contribution in [1.82, 2.24) is 9.13 Å². The second-order valence-corrected chi connectivity index (χ2v) is 8.05. The van der Waals surface area contributed by atoms with Crippen molar-refractivity contribution >= 4 is 11.0 Å². The quantitative estimate of drug-likeness (QED) is 0.466. The van der Waals surface area contributed by atoms with E-state index in [0.29, 0.717) is 18.8 Å². The van der Waals surface area contributed by atoms with E-state index in [1.807, 2.05) is 12.1 Å². The fourth-order valence-corrected chi connectivity index (χ4v) is 4.07. The number of aryl methyl sites for hydroxylation is 2. The molecule has 0 saturated carbocycles. The summed E-state index contributed by atoms with van der Waals surface area (Å²) in [5, 5.41) is 9.05. The van der Waals surface area contributed by atoms with Crippen molar-refractivity contribution < 1.29 is 4.74 Å². The van der Waals surface area contributed by atoms with E-state index >= 15 is 0 Å². The molecule has 1 unspecified atom stereocenters. The van der Waals surface area contributed by atoms with Crippen LogP contribution in [0, 0.1) is 19.3 Å². The first-order chi connectivity index (χ1) is 14.6. The van der Waals surface area contributed by atoms with Gasteiger partial charge in [-0.3, -0.25) is 5.41 Å². The summed E-state index contributed by atoms with van der Waals surface area (Å²) in [4.78, 5) is 0.